The highest BCUT2D eigenvalue weighted by Gasteiger charge is 2.32. The molecule has 154 valence electrons. The summed E-state index contributed by atoms with van der Waals surface area (Å²) in [5.74, 6) is -1.02. The van der Waals surface area contributed by atoms with Gasteiger partial charge in [-0.25, -0.2) is 14.3 Å². The van der Waals surface area contributed by atoms with Crippen molar-refractivity contribution >= 4 is 22.8 Å². The maximum atomic E-state index is 14.3. The first-order valence-electron chi connectivity index (χ1n) is 9.43. The molecule has 2 amide bonds. The average Bonchev–Trinajstić information content (AvgIpc) is 2.70. The van der Waals surface area contributed by atoms with Crippen LogP contribution in [0, 0.1) is 11.7 Å². The molecule has 9 heteroatoms. The van der Waals surface area contributed by atoms with Gasteiger partial charge in [0, 0.05) is 37.4 Å². The minimum Gasteiger partial charge on any atom is -0.465 e. The molecule has 1 saturated heterocycles. The molecule has 3 N–H and O–H groups in total. The molecule has 30 heavy (non-hydrogen) atoms. The Bertz CT molecular complexity index is 1190. The minimum absolute atomic E-state index is 0.0213. The van der Waals surface area contributed by atoms with Gasteiger partial charge in [0.15, 0.2) is 0 Å². The monoisotopic (exact) mass is 410 g/mol. The highest BCUT2D eigenvalue weighted by Crippen LogP contribution is 2.22. The SMILES string of the molecule is O=C(O)NCC1CN(C(=O)c2cc(Cc3n[nH]c(=O)c4ccccc34)ccc2F)C1. The normalized spacial score (nSPS) is 13.8. The Morgan fingerprint density at radius 3 is 2.67 bits per heavy atom. The van der Waals surface area contributed by atoms with Gasteiger partial charge in [-0.3, -0.25) is 9.59 Å². The Kier molecular flexibility index (Phi) is 5.18. The van der Waals surface area contributed by atoms with E-state index < -0.39 is 17.8 Å². The molecule has 3 aromatic rings. The Labute approximate surface area is 170 Å². The number of benzene rings is 2. The number of nitrogens with one attached hydrogen (secondary N) is 2. The fourth-order valence-corrected chi connectivity index (χ4v) is 3.61. The molecule has 2 heterocycles. The summed E-state index contributed by atoms with van der Waals surface area (Å²) < 4.78 is 14.3. The van der Waals surface area contributed by atoms with Gasteiger partial charge in [0.2, 0.25) is 0 Å². The predicted octanol–water partition coefficient (Wildman–Crippen LogP) is 1.99. The molecule has 1 aromatic heterocycles. The number of rotatable bonds is 5. The van der Waals surface area contributed by atoms with Gasteiger partial charge in [-0.15, -0.1) is 0 Å². The number of nitrogens with zero attached hydrogens (tertiary/aromatic N) is 2. The molecule has 0 aliphatic carbocycles. The summed E-state index contributed by atoms with van der Waals surface area (Å²) in [6.45, 7) is 0.996. The standard InChI is InChI=1S/C21H19FN4O4/c22-17-6-5-12(8-18-14-3-1-2-4-15(14)19(27)25-24-18)7-16(17)20(28)26-10-13(11-26)9-23-21(29)30/h1-7,13,23H,8-11H2,(H,25,27)(H,29,30). The van der Waals surface area contributed by atoms with E-state index in [1.165, 1.54) is 17.0 Å². The van der Waals surface area contributed by atoms with Crippen LogP contribution in [-0.4, -0.2) is 51.8 Å². The highest BCUT2D eigenvalue weighted by atomic mass is 19.1. The number of likely N-dealkylation sites (tertiary alicyclic amines) is 1. The molecular formula is C21H19FN4O4. The summed E-state index contributed by atoms with van der Waals surface area (Å²) in [4.78, 5) is 36.7. The Balaban J connectivity index is 1.52. The molecule has 0 radical (unpaired) electrons. The lowest BCUT2D eigenvalue weighted by Gasteiger charge is -2.39. The van der Waals surface area contributed by atoms with E-state index in [0.29, 0.717) is 41.5 Å². The number of carbonyl (C=O) groups is 2. The van der Waals surface area contributed by atoms with Crippen LogP contribution in [0.5, 0.6) is 0 Å². The van der Waals surface area contributed by atoms with Crippen molar-refractivity contribution in [2.75, 3.05) is 19.6 Å². The van der Waals surface area contributed by atoms with Gasteiger partial charge in [0.1, 0.15) is 5.82 Å². The Hall–Kier alpha value is -3.75. The van der Waals surface area contributed by atoms with Crippen LogP contribution in [0.1, 0.15) is 21.6 Å². The van der Waals surface area contributed by atoms with Crippen molar-refractivity contribution in [3.05, 3.63) is 75.5 Å². The second-order valence-electron chi connectivity index (χ2n) is 7.30. The molecule has 0 spiro atoms. The van der Waals surface area contributed by atoms with Crippen molar-refractivity contribution in [1.82, 2.24) is 20.4 Å². The minimum atomic E-state index is -1.11. The molecular weight excluding hydrogens is 391 g/mol. The van der Waals surface area contributed by atoms with Crippen molar-refractivity contribution in [2.45, 2.75) is 6.42 Å². The topological polar surface area (TPSA) is 115 Å². The van der Waals surface area contributed by atoms with Crippen molar-refractivity contribution in [1.29, 1.82) is 0 Å². The van der Waals surface area contributed by atoms with Crippen LogP contribution in [0.2, 0.25) is 0 Å². The van der Waals surface area contributed by atoms with Crippen LogP contribution in [0.15, 0.2) is 47.3 Å². The number of hydrogen-bond acceptors (Lipinski definition) is 4. The fraction of sp³-hybridized carbons (Fsp3) is 0.238. The maximum absolute atomic E-state index is 14.3. The molecule has 1 aliphatic heterocycles. The van der Waals surface area contributed by atoms with Gasteiger partial charge in [0.25, 0.3) is 11.5 Å². The molecule has 0 unspecified atom stereocenters. The fourth-order valence-electron chi connectivity index (χ4n) is 3.61. The number of amides is 2. The van der Waals surface area contributed by atoms with E-state index in [2.05, 4.69) is 15.5 Å². The number of halogens is 1. The lowest BCUT2D eigenvalue weighted by Crippen LogP contribution is -2.53. The summed E-state index contributed by atoms with van der Waals surface area (Å²) in [5.41, 5.74) is 0.993. The summed E-state index contributed by atoms with van der Waals surface area (Å²) in [5, 5.41) is 18.7. The van der Waals surface area contributed by atoms with E-state index in [1.807, 2.05) is 6.07 Å². The summed E-state index contributed by atoms with van der Waals surface area (Å²) in [6, 6.07) is 11.4. The van der Waals surface area contributed by atoms with Crippen molar-refractivity contribution in [3.63, 3.8) is 0 Å². The molecule has 8 nitrogen and oxygen atoms in total. The quantitative estimate of drug-likeness (QED) is 0.595. The molecule has 1 aliphatic rings. The van der Waals surface area contributed by atoms with Gasteiger partial charge < -0.3 is 15.3 Å². The second-order valence-corrected chi connectivity index (χ2v) is 7.30. The maximum Gasteiger partial charge on any atom is 0.404 e. The summed E-state index contributed by atoms with van der Waals surface area (Å²) in [7, 11) is 0. The number of H-pyrrole nitrogens is 1. The van der Waals surface area contributed by atoms with E-state index >= 15 is 0 Å². The number of carbonyl (C=O) groups excluding carboxylic acids is 1. The Morgan fingerprint density at radius 2 is 1.93 bits per heavy atom. The molecule has 0 bridgehead atoms. The van der Waals surface area contributed by atoms with Crippen LogP contribution in [0.4, 0.5) is 9.18 Å². The molecule has 0 atom stereocenters. The molecule has 4 rings (SSSR count). The van der Waals surface area contributed by atoms with Crippen LogP contribution in [0.3, 0.4) is 0 Å². The van der Waals surface area contributed by atoms with E-state index in [4.69, 9.17) is 5.11 Å². The van der Waals surface area contributed by atoms with E-state index in [1.54, 1.807) is 24.3 Å². The molecule has 0 saturated carbocycles. The lowest BCUT2D eigenvalue weighted by atomic mass is 9.97. The highest BCUT2D eigenvalue weighted by molar-refractivity contribution is 5.95. The average molecular weight is 410 g/mol. The van der Waals surface area contributed by atoms with Crippen molar-refractivity contribution in [2.24, 2.45) is 5.92 Å². The van der Waals surface area contributed by atoms with Crippen LogP contribution in [-0.2, 0) is 6.42 Å². The zero-order valence-electron chi connectivity index (χ0n) is 15.9. The lowest BCUT2D eigenvalue weighted by molar-refractivity contribution is 0.0497. The van der Waals surface area contributed by atoms with Gasteiger partial charge in [-0.2, -0.15) is 5.10 Å². The van der Waals surface area contributed by atoms with Crippen molar-refractivity contribution < 1.29 is 19.1 Å². The van der Waals surface area contributed by atoms with E-state index in [-0.39, 0.29) is 23.6 Å². The smallest absolute Gasteiger partial charge is 0.404 e. The zero-order valence-corrected chi connectivity index (χ0v) is 15.9. The number of hydrogen-bond donors (Lipinski definition) is 3. The number of carboxylic acid groups (broad SMARTS) is 1. The first kappa shape index (κ1) is 19.6. The van der Waals surface area contributed by atoms with Gasteiger partial charge in [0.05, 0.1) is 16.6 Å². The second kappa shape index (κ2) is 7.94. The van der Waals surface area contributed by atoms with Crippen LogP contribution in [0.25, 0.3) is 10.8 Å². The van der Waals surface area contributed by atoms with Crippen LogP contribution < -0.4 is 10.9 Å². The zero-order chi connectivity index (χ0) is 21.3. The third-order valence-electron chi connectivity index (χ3n) is 5.19. The molecule has 1 fully saturated rings. The van der Waals surface area contributed by atoms with Crippen molar-refractivity contribution in [3.8, 4) is 0 Å². The Morgan fingerprint density at radius 1 is 1.20 bits per heavy atom. The predicted molar refractivity (Wildman–Crippen MR) is 107 cm³/mol. The first-order chi connectivity index (χ1) is 14.4. The summed E-state index contributed by atoms with van der Waals surface area (Å²) >= 11 is 0. The largest absolute Gasteiger partial charge is 0.465 e. The van der Waals surface area contributed by atoms with Gasteiger partial charge in [-0.05, 0) is 23.8 Å². The summed E-state index contributed by atoms with van der Waals surface area (Å²) in [6.07, 6.45) is -0.787. The van der Waals surface area contributed by atoms with E-state index in [0.717, 1.165) is 0 Å². The van der Waals surface area contributed by atoms with E-state index in [9.17, 15) is 18.8 Å². The number of fused-ring (bicyclic) bond motifs is 1. The first-order valence-corrected chi connectivity index (χ1v) is 9.43. The van der Waals surface area contributed by atoms with Crippen LogP contribution >= 0.6 is 0 Å². The third-order valence-corrected chi connectivity index (χ3v) is 5.19. The number of aromatic nitrogens is 2. The van der Waals surface area contributed by atoms with Gasteiger partial charge in [-0.1, -0.05) is 24.3 Å². The molecule has 2 aromatic carbocycles. The number of aromatic amines is 1. The van der Waals surface area contributed by atoms with Gasteiger partial charge >= 0.3 is 6.09 Å². The third kappa shape index (κ3) is 3.86.